The Bertz CT molecular complexity index is 595. The van der Waals surface area contributed by atoms with Gasteiger partial charge in [0.2, 0.25) is 0 Å². The molecular weight excluding hydrogens is 252 g/mol. The van der Waals surface area contributed by atoms with Gasteiger partial charge in [-0.1, -0.05) is 0 Å². The lowest BCUT2D eigenvalue weighted by Crippen LogP contribution is -2.18. The number of nitrogen functional groups attached to an aromatic ring is 1. The van der Waals surface area contributed by atoms with Crippen molar-refractivity contribution >= 4 is 11.5 Å². The Labute approximate surface area is 118 Å². The van der Waals surface area contributed by atoms with Crippen LogP contribution in [-0.4, -0.2) is 25.0 Å². The van der Waals surface area contributed by atoms with Crippen molar-refractivity contribution in [2.24, 2.45) is 5.73 Å². The zero-order valence-electron chi connectivity index (χ0n) is 11.6. The number of pyridine rings is 1. The summed E-state index contributed by atoms with van der Waals surface area (Å²) in [7, 11) is 3.66. The predicted molar refractivity (Wildman–Crippen MR) is 80.4 cm³/mol. The second-order valence-corrected chi connectivity index (χ2v) is 4.52. The number of benzene rings is 1. The molecule has 0 spiro atoms. The molecule has 0 radical (unpaired) electrons. The van der Waals surface area contributed by atoms with Gasteiger partial charge >= 0.3 is 0 Å². The van der Waals surface area contributed by atoms with Crippen molar-refractivity contribution in [3.05, 3.63) is 53.9 Å². The molecule has 5 nitrogen and oxygen atoms in total. The van der Waals surface area contributed by atoms with Crippen LogP contribution in [0.25, 0.3) is 0 Å². The normalized spacial score (nSPS) is 10.1. The highest BCUT2D eigenvalue weighted by Crippen LogP contribution is 2.19. The Morgan fingerprint density at radius 2 is 2.00 bits per heavy atom. The maximum atomic E-state index is 7.41. The summed E-state index contributed by atoms with van der Waals surface area (Å²) in [6.07, 6.45) is 1.67. The molecule has 5 heteroatoms. The van der Waals surface area contributed by atoms with Crippen LogP contribution >= 0.6 is 0 Å². The topological polar surface area (TPSA) is 75.2 Å². The summed E-state index contributed by atoms with van der Waals surface area (Å²) in [5.74, 6) is 0.823. The summed E-state index contributed by atoms with van der Waals surface area (Å²) in [4.78, 5) is 6.17. The number of aromatic nitrogens is 1. The van der Waals surface area contributed by atoms with E-state index in [0.29, 0.717) is 5.69 Å². The van der Waals surface area contributed by atoms with Crippen LogP contribution in [0.5, 0.6) is 5.75 Å². The Morgan fingerprint density at radius 3 is 2.60 bits per heavy atom. The first-order valence-corrected chi connectivity index (χ1v) is 6.24. The Morgan fingerprint density at radius 1 is 1.30 bits per heavy atom. The average molecular weight is 270 g/mol. The SMILES string of the molecule is COc1ccc(N(C)Cc2ccnc(C(=N)N)c2)cc1. The van der Waals surface area contributed by atoms with Gasteiger partial charge in [-0.25, -0.2) is 0 Å². The van der Waals surface area contributed by atoms with Gasteiger partial charge in [0.25, 0.3) is 0 Å². The molecule has 0 aliphatic rings. The molecule has 3 N–H and O–H groups in total. The van der Waals surface area contributed by atoms with Gasteiger partial charge < -0.3 is 15.4 Å². The molecule has 1 heterocycles. The predicted octanol–water partition coefficient (Wildman–Crippen LogP) is 2.01. The van der Waals surface area contributed by atoms with E-state index in [9.17, 15) is 0 Å². The maximum Gasteiger partial charge on any atom is 0.141 e. The molecule has 0 saturated carbocycles. The molecule has 1 aromatic heterocycles. The highest BCUT2D eigenvalue weighted by molar-refractivity contribution is 5.93. The molecule has 0 atom stereocenters. The largest absolute Gasteiger partial charge is 0.497 e. The molecule has 2 aromatic rings. The Kier molecular flexibility index (Phi) is 4.20. The summed E-state index contributed by atoms with van der Waals surface area (Å²) in [6, 6.07) is 11.6. The zero-order chi connectivity index (χ0) is 14.5. The van der Waals surface area contributed by atoms with Gasteiger partial charge in [-0.2, -0.15) is 0 Å². The van der Waals surface area contributed by atoms with Gasteiger partial charge in [-0.05, 0) is 42.0 Å². The van der Waals surface area contributed by atoms with Crippen LogP contribution in [0.2, 0.25) is 0 Å². The highest BCUT2D eigenvalue weighted by atomic mass is 16.5. The van der Waals surface area contributed by atoms with Gasteiger partial charge in [-0.3, -0.25) is 10.4 Å². The first-order valence-electron chi connectivity index (χ1n) is 6.24. The summed E-state index contributed by atoms with van der Waals surface area (Å²) in [6.45, 7) is 0.717. The van der Waals surface area contributed by atoms with Crippen molar-refractivity contribution in [1.29, 1.82) is 5.41 Å². The van der Waals surface area contributed by atoms with Crippen LogP contribution in [-0.2, 0) is 6.54 Å². The monoisotopic (exact) mass is 270 g/mol. The van der Waals surface area contributed by atoms with Crippen molar-refractivity contribution in [2.75, 3.05) is 19.1 Å². The minimum absolute atomic E-state index is 0.0149. The van der Waals surface area contributed by atoms with E-state index in [-0.39, 0.29) is 5.84 Å². The van der Waals surface area contributed by atoms with Crippen LogP contribution < -0.4 is 15.4 Å². The fourth-order valence-corrected chi connectivity index (χ4v) is 1.92. The molecule has 20 heavy (non-hydrogen) atoms. The number of hydrogen-bond acceptors (Lipinski definition) is 4. The smallest absolute Gasteiger partial charge is 0.141 e. The number of nitrogens with one attached hydrogen (secondary N) is 1. The average Bonchev–Trinajstić information content (AvgIpc) is 2.47. The van der Waals surface area contributed by atoms with E-state index in [1.54, 1.807) is 13.3 Å². The molecule has 0 amide bonds. The fraction of sp³-hybridized carbons (Fsp3) is 0.200. The Balaban J connectivity index is 2.12. The second-order valence-electron chi connectivity index (χ2n) is 4.52. The van der Waals surface area contributed by atoms with Crippen LogP contribution in [0, 0.1) is 5.41 Å². The van der Waals surface area contributed by atoms with Crippen molar-refractivity contribution in [3.8, 4) is 5.75 Å². The molecule has 0 saturated heterocycles. The molecule has 1 aromatic carbocycles. The van der Waals surface area contributed by atoms with Gasteiger partial charge in [0.1, 0.15) is 17.3 Å². The summed E-state index contributed by atoms with van der Waals surface area (Å²) in [5.41, 5.74) is 8.10. The number of amidine groups is 1. The van der Waals surface area contributed by atoms with Crippen LogP contribution in [0.3, 0.4) is 0 Å². The van der Waals surface area contributed by atoms with E-state index in [1.165, 1.54) is 0 Å². The van der Waals surface area contributed by atoms with E-state index in [2.05, 4.69) is 9.88 Å². The zero-order valence-corrected chi connectivity index (χ0v) is 11.6. The van der Waals surface area contributed by atoms with Crippen LogP contribution in [0.4, 0.5) is 5.69 Å². The molecular formula is C15H18N4O. The third-order valence-corrected chi connectivity index (χ3v) is 3.03. The lowest BCUT2D eigenvalue weighted by atomic mass is 10.2. The van der Waals surface area contributed by atoms with E-state index in [1.807, 2.05) is 43.4 Å². The first-order chi connectivity index (χ1) is 9.60. The minimum Gasteiger partial charge on any atom is -0.497 e. The van der Waals surface area contributed by atoms with E-state index < -0.39 is 0 Å². The number of nitrogens with zero attached hydrogens (tertiary/aromatic N) is 2. The van der Waals surface area contributed by atoms with Crippen LogP contribution in [0.1, 0.15) is 11.3 Å². The summed E-state index contributed by atoms with van der Waals surface area (Å²) >= 11 is 0. The minimum atomic E-state index is -0.0149. The van der Waals surface area contributed by atoms with Crippen LogP contribution in [0.15, 0.2) is 42.6 Å². The molecule has 0 aliphatic carbocycles. The second kappa shape index (κ2) is 6.06. The number of rotatable bonds is 5. The number of ether oxygens (including phenoxy) is 1. The van der Waals surface area contributed by atoms with Crippen molar-refractivity contribution in [3.63, 3.8) is 0 Å². The lowest BCUT2D eigenvalue weighted by molar-refractivity contribution is 0.415. The Hall–Kier alpha value is -2.56. The molecule has 0 bridgehead atoms. The lowest BCUT2D eigenvalue weighted by Gasteiger charge is -2.19. The fourth-order valence-electron chi connectivity index (χ4n) is 1.92. The van der Waals surface area contributed by atoms with Crippen molar-refractivity contribution in [2.45, 2.75) is 6.54 Å². The highest BCUT2D eigenvalue weighted by Gasteiger charge is 2.05. The van der Waals surface area contributed by atoms with Gasteiger partial charge in [0.15, 0.2) is 0 Å². The molecule has 0 fully saturated rings. The van der Waals surface area contributed by atoms with Crippen molar-refractivity contribution < 1.29 is 4.74 Å². The molecule has 104 valence electrons. The van der Waals surface area contributed by atoms with Crippen molar-refractivity contribution in [1.82, 2.24) is 4.98 Å². The number of hydrogen-bond donors (Lipinski definition) is 2. The maximum absolute atomic E-state index is 7.41. The van der Waals surface area contributed by atoms with E-state index in [4.69, 9.17) is 15.9 Å². The standard InChI is InChI=1S/C15H18N4O/c1-19(12-3-5-13(20-2)6-4-12)10-11-7-8-18-14(9-11)15(16)17/h3-9H,10H2,1-2H3,(H3,16,17). The van der Waals surface area contributed by atoms with Gasteiger partial charge in [0.05, 0.1) is 7.11 Å². The number of anilines is 1. The number of nitrogens with two attached hydrogens (primary N) is 1. The van der Waals surface area contributed by atoms with E-state index in [0.717, 1.165) is 23.5 Å². The quantitative estimate of drug-likeness (QED) is 0.643. The molecule has 2 rings (SSSR count). The van der Waals surface area contributed by atoms with Gasteiger partial charge in [-0.15, -0.1) is 0 Å². The molecule has 0 unspecified atom stereocenters. The first kappa shape index (κ1) is 13.9. The summed E-state index contributed by atoms with van der Waals surface area (Å²) < 4.78 is 5.15. The number of methoxy groups -OCH3 is 1. The molecule has 0 aliphatic heterocycles. The van der Waals surface area contributed by atoms with Gasteiger partial charge in [0, 0.05) is 25.5 Å². The third kappa shape index (κ3) is 3.26. The van der Waals surface area contributed by atoms with E-state index >= 15 is 0 Å². The third-order valence-electron chi connectivity index (χ3n) is 3.03. The summed E-state index contributed by atoms with van der Waals surface area (Å²) in [5, 5.41) is 7.41.